The van der Waals surface area contributed by atoms with Gasteiger partial charge in [0.1, 0.15) is 0 Å². The highest BCUT2D eigenvalue weighted by atomic mass is 32.1. The molecular formula is C10H23NOS. The second-order valence-electron chi connectivity index (χ2n) is 3.83. The summed E-state index contributed by atoms with van der Waals surface area (Å²) in [5.74, 6) is 1.63. The Morgan fingerprint density at radius 3 is 2.54 bits per heavy atom. The molecule has 0 aromatic rings. The van der Waals surface area contributed by atoms with E-state index in [0.29, 0.717) is 12.5 Å². The average molecular weight is 205 g/mol. The van der Waals surface area contributed by atoms with E-state index in [9.17, 15) is 0 Å². The highest BCUT2D eigenvalue weighted by Gasteiger charge is 2.03. The SMILES string of the molecule is CC(CS)CN(C)CCCCCO. The van der Waals surface area contributed by atoms with Crippen LogP contribution in [-0.4, -0.2) is 42.5 Å². The number of unbranched alkanes of at least 4 members (excludes halogenated alkanes) is 2. The quantitative estimate of drug-likeness (QED) is 0.465. The van der Waals surface area contributed by atoms with E-state index in [1.807, 2.05) is 0 Å². The van der Waals surface area contributed by atoms with E-state index in [2.05, 4.69) is 31.5 Å². The molecule has 0 saturated heterocycles. The lowest BCUT2D eigenvalue weighted by Gasteiger charge is -2.19. The molecule has 1 unspecified atom stereocenters. The number of hydrogen-bond donors (Lipinski definition) is 2. The Balaban J connectivity index is 3.24. The van der Waals surface area contributed by atoms with Crippen LogP contribution in [0.3, 0.4) is 0 Å². The van der Waals surface area contributed by atoms with E-state index in [-0.39, 0.29) is 0 Å². The smallest absolute Gasteiger partial charge is 0.0431 e. The van der Waals surface area contributed by atoms with Crippen molar-refractivity contribution < 1.29 is 5.11 Å². The third kappa shape index (κ3) is 8.60. The first-order valence-electron chi connectivity index (χ1n) is 5.11. The number of rotatable bonds is 8. The van der Waals surface area contributed by atoms with Crippen molar-refractivity contribution in [3.63, 3.8) is 0 Å². The third-order valence-electron chi connectivity index (χ3n) is 2.13. The van der Waals surface area contributed by atoms with Gasteiger partial charge in [-0.15, -0.1) is 0 Å². The fourth-order valence-corrected chi connectivity index (χ4v) is 1.47. The number of aliphatic hydroxyl groups is 1. The molecule has 0 rings (SSSR count). The summed E-state index contributed by atoms with van der Waals surface area (Å²) >= 11 is 4.25. The topological polar surface area (TPSA) is 23.5 Å². The van der Waals surface area contributed by atoms with Gasteiger partial charge in [-0.2, -0.15) is 12.6 Å². The van der Waals surface area contributed by atoms with Crippen molar-refractivity contribution in [3.05, 3.63) is 0 Å². The summed E-state index contributed by atoms with van der Waals surface area (Å²) in [5.41, 5.74) is 0. The molecule has 0 radical (unpaired) electrons. The van der Waals surface area contributed by atoms with Crippen molar-refractivity contribution in [3.8, 4) is 0 Å². The molecule has 1 atom stereocenters. The Morgan fingerprint density at radius 2 is 2.00 bits per heavy atom. The highest BCUT2D eigenvalue weighted by Crippen LogP contribution is 2.02. The van der Waals surface area contributed by atoms with E-state index in [0.717, 1.165) is 31.7 Å². The van der Waals surface area contributed by atoms with Crippen LogP contribution in [0.4, 0.5) is 0 Å². The first kappa shape index (κ1) is 13.3. The summed E-state index contributed by atoms with van der Waals surface area (Å²) in [7, 11) is 2.15. The van der Waals surface area contributed by atoms with Gasteiger partial charge in [0.15, 0.2) is 0 Å². The molecule has 0 heterocycles. The fourth-order valence-electron chi connectivity index (χ4n) is 1.35. The lowest BCUT2D eigenvalue weighted by atomic mass is 10.2. The van der Waals surface area contributed by atoms with E-state index < -0.39 is 0 Å². The predicted molar refractivity (Wildman–Crippen MR) is 61.5 cm³/mol. The molecule has 80 valence electrons. The molecule has 0 spiro atoms. The molecule has 13 heavy (non-hydrogen) atoms. The van der Waals surface area contributed by atoms with Gasteiger partial charge in [-0.05, 0) is 44.5 Å². The molecule has 0 fully saturated rings. The normalized spacial score (nSPS) is 13.6. The predicted octanol–water partition coefficient (Wildman–Crippen LogP) is 1.65. The van der Waals surface area contributed by atoms with Gasteiger partial charge in [0, 0.05) is 13.2 Å². The van der Waals surface area contributed by atoms with E-state index in [1.165, 1.54) is 6.42 Å². The van der Waals surface area contributed by atoms with Crippen molar-refractivity contribution in [2.24, 2.45) is 5.92 Å². The monoisotopic (exact) mass is 205 g/mol. The third-order valence-corrected chi connectivity index (χ3v) is 2.76. The molecule has 2 nitrogen and oxygen atoms in total. The maximum atomic E-state index is 8.59. The molecule has 0 aromatic carbocycles. The molecule has 0 bridgehead atoms. The van der Waals surface area contributed by atoms with Crippen LogP contribution in [-0.2, 0) is 0 Å². The summed E-state index contributed by atoms with van der Waals surface area (Å²) in [6, 6.07) is 0. The van der Waals surface area contributed by atoms with Crippen LogP contribution in [0.5, 0.6) is 0 Å². The Hall–Kier alpha value is 0.270. The summed E-state index contributed by atoms with van der Waals surface area (Å²) in [5, 5.41) is 8.59. The molecule has 1 N–H and O–H groups in total. The second kappa shape index (κ2) is 8.85. The first-order valence-corrected chi connectivity index (χ1v) is 5.74. The highest BCUT2D eigenvalue weighted by molar-refractivity contribution is 7.80. The molecule has 0 aliphatic rings. The van der Waals surface area contributed by atoms with E-state index in [1.54, 1.807) is 0 Å². The lowest BCUT2D eigenvalue weighted by molar-refractivity contribution is 0.265. The molecular weight excluding hydrogens is 182 g/mol. The molecule has 0 aliphatic heterocycles. The van der Waals surface area contributed by atoms with Crippen LogP contribution in [0.2, 0.25) is 0 Å². The number of aliphatic hydroxyl groups excluding tert-OH is 1. The number of hydrogen-bond acceptors (Lipinski definition) is 3. The zero-order valence-corrected chi connectivity index (χ0v) is 9.76. The van der Waals surface area contributed by atoms with Crippen molar-refractivity contribution >= 4 is 12.6 Å². The summed E-state index contributed by atoms with van der Waals surface area (Å²) in [6.07, 6.45) is 3.27. The Bertz CT molecular complexity index is 111. The van der Waals surface area contributed by atoms with E-state index >= 15 is 0 Å². The number of thiol groups is 1. The summed E-state index contributed by atoms with van der Waals surface area (Å²) in [4.78, 5) is 2.35. The standard InChI is InChI=1S/C10H23NOS/c1-10(9-13)8-11(2)6-4-3-5-7-12/h10,12-13H,3-9H2,1-2H3. The minimum Gasteiger partial charge on any atom is -0.396 e. The lowest BCUT2D eigenvalue weighted by Crippen LogP contribution is -2.26. The average Bonchev–Trinajstić information content (AvgIpc) is 2.12. The van der Waals surface area contributed by atoms with Crippen LogP contribution in [0.15, 0.2) is 0 Å². The van der Waals surface area contributed by atoms with Crippen LogP contribution >= 0.6 is 12.6 Å². The Morgan fingerprint density at radius 1 is 1.31 bits per heavy atom. The minimum absolute atomic E-state index is 0.330. The van der Waals surface area contributed by atoms with Gasteiger partial charge in [-0.1, -0.05) is 6.92 Å². The Labute approximate surface area is 87.7 Å². The molecule has 0 aliphatic carbocycles. The molecule has 0 saturated carbocycles. The van der Waals surface area contributed by atoms with Crippen LogP contribution < -0.4 is 0 Å². The molecule has 3 heteroatoms. The van der Waals surface area contributed by atoms with Crippen LogP contribution in [0.25, 0.3) is 0 Å². The van der Waals surface area contributed by atoms with E-state index in [4.69, 9.17) is 5.11 Å². The number of nitrogens with zero attached hydrogens (tertiary/aromatic N) is 1. The van der Waals surface area contributed by atoms with Gasteiger partial charge in [0.25, 0.3) is 0 Å². The van der Waals surface area contributed by atoms with Crippen molar-refractivity contribution in [2.75, 3.05) is 32.5 Å². The summed E-state index contributed by atoms with van der Waals surface area (Å²) in [6.45, 7) is 4.81. The van der Waals surface area contributed by atoms with Gasteiger partial charge >= 0.3 is 0 Å². The zero-order valence-electron chi connectivity index (χ0n) is 8.87. The van der Waals surface area contributed by atoms with Gasteiger partial charge in [0.2, 0.25) is 0 Å². The molecule has 0 amide bonds. The Kier molecular flexibility index (Phi) is 9.03. The fraction of sp³-hybridized carbons (Fsp3) is 1.00. The van der Waals surface area contributed by atoms with Crippen LogP contribution in [0.1, 0.15) is 26.2 Å². The van der Waals surface area contributed by atoms with Gasteiger partial charge < -0.3 is 10.0 Å². The maximum Gasteiger partial charge on any atom is 0.0431 e. The second-order valence-corrected chi connectivity index (χ2v) is 4.20. The van der Waals surface area contributed by atoms with Crippen LogP contribution in [0, 0.1) is 5.92 Å². The maximum absolute atomic E-state index is 8.59. The first-order chi connectivity index (χ1) is 6.20. The molecule has 0 aromatic heterocycles. The van der Waals surface area contributed by atoms with Gasteiger partial charge in [-0.25, -0.2) is 0 Å². The minimum atomic E-state index is 0.330. The van der Waals surface area contributed by atoms with Gasteiger partial charge in [-0.3, -0.25) is 0 Å². The van der Waals surface area contributed by atoms with Gasteiger partial charge in [0.05, 0.1) is 0 Å². The zero-order chi connectivity index (χ0) is 10.1. The largest absolute Gasteiger partial charge is 0.396 e. The van der Waals surface area contributed by atoms with Crippen molar-refractivity contribution in [2.45, 2.75) is 26.2 Å². The van der Waals surface area contributed by atoms with Crippen molar-refractivity contribution in [1.29, 1.82) is 0 Å². The summed E-state index contributed by atoms with van der Waals surface area (Å²) < 4.78 is 0. The van der Waals surface area contributed by atoms with Crippen molar-refractivity contribution in [1.82, 2.24) is 4.90 Å².